The quantitative estimate of drug-likeness (QED) is 0.729. The van der Waals surface area contributed by atoms with Gasteiger partial charge in [0.2, 0.25) is 10.0 Å². The lowest BCUT2D eigenvalue weighted by atomic mass is 10.2. The molecule has 24 heavy (non-hydrogen) atoms. The molecule has 0 fully saturated rings. The summed E-state index contributed by atoms with van der Waals surface area (Å²) < 4.78 is 26.1. The fourth-order valence-electron chi connectivity index (χ4n) is 1.78. The lowest BCUT2D eigenvalue weighted by molar-refractivity contribution is 0.252. The largest absolute Gasteiger partial charge is 0.337 e. The van der Waals surface area contributed by atoms with E-state index in [2.05, 4.69) is 20.3 Å². The van der Waals surface area contributed by atoms with Crippen molar-refractivity contribution in [2.24, 2.45) is 0 Å². The van der Waals surface area contributed by atoms with Crippen molar-refractivity contribution < 1.29 is 13.2 Å². The summed E-state index contributed by atoms with van der Waals surface area (Å²) in [6, 6.07) is 9.49. The van der Waals surface area contributed by atoms with Crippen LogP contribution in [0.3, 0.4) is 0 Å². The van der Waals surface area contributed by atoms with E-state index < -0.39 is 16.1 Å². The van der Waals surface area contributed by atoms with Crippen LogP contribution in [0.2, 0.25) is 5.02 Å². The predicted octanol–water partition coefficient (Wildman–Crippen LogP) is 2.61. The Morgan fingerprint density at radius 2 is 2.04 bits per heavy atom. The number of amides is 2. The summed E-state index contributed by atoms with van der Waals surface area (Å²) >= 11 is 5.97. The number of pyridine rings is 1. The first-order valence-electron chi connectivity index (χ1n) is 7.08. The number of hydrogen-bond acceptors (Lipinski definition) is 4. The van der Waals surface area contributed by atoms with E-state index in [4.69, 9.17) is 11.6 Å². The van der Waals surface area contributed by atoms with Gasteiger partial charge in [0.15, 0.2) is 0 Å². The second-order valence-electron chi connectivity index (χ2n) is 4.98. The van der Waals surface area contributed by atoms with Crippen molar-refractivity contribution >= 4 is 39.2 Å². The van der Waals surface area contributed by atoms with Gasteiger partial charge in [0.1, 0.15) is 5.82 Å². The normalized spacial score (nSPS) is 10.9. The van der Waals surface area contributed by atoms with Crippen molar-refractivity contribution in [1.82, 2.24) is 10.3 Å². The van der Waals surface area contributed by atoms with Gasteiger partial charge in [-0.25, -0.2) is 18.2 Å². The number of aryl methyl sites for hydroxylation is 1. The molecule has 0 unspecified atom stereocenters. The molecule has 3 N–H and O–H groups in total. The fourth-order valence-corrected chi connectivity index (χ4v) is 2.87. The van der Waals surface area contributed by atoms with Gasteiger partial charge in [0.05, 0.1) is 5.75 Å². The summed E-state index contributed by atoms with van der Waals surface area (Å²) in [5, 5.41) is 5.60. The smallest absolute Gasteiger partial charge is 0.319 e. The van der Waals surface area contributed by atoms with Crippen LogP contribution < -0.4 is 15.4 Å². The zero-order valence-corrected chi connectivity index (χ0v) is 14.5. The van der Waals surface area contributed by atoms with Crippen LogP contribution in [0.25, 0.3) is 0 Å². The summed E-state index contributed by atoms with van der Waals surface area (Å²) in [6.45, 7) is 1.80. The van der Waals surface area contributed by atoms with Gasteiger partial charge in [-0.05, 0) is 36.8 Å². The molecular formula is C15H17ClN4O3S. The van der Waals surface area contributed by atoms with E-state index >= 15 is 0 Å². The Bertz CT molecular complexity index is 813. The van der Waals surface area contributed by atoms with Crippen LogP contribution in [0.1, 0.15) is 5.56 Å². The van der Waals surface area contributed by atoms with Crippen LogP contribution in [-0.4, -0.2) is 31.7 Å². The Hall–Kier alpha value is -2.32. The molecule has 2 aromatic rings. The van der Waals surface area contributed by atoms with E-state index in [0.29, 0.717) is 10.7 Å². The first-order chi connectivity index (χ1) is 11.4. The van der Waals surface area contributed by atoms with E-state index in [1.54, 1.807) is 36.4 Å². The Balaban J connectivity index is 1.80. The second kappa shape index (κ2) is 7.98. The number of benzene rings is 1. The topological polar surface area (TPSA) is 100 Å². The highest BCUT2D eigenvalue weighted by Crippen LogP contribution is 2.19. The Morgan fingerprint density at radius 1 is 1.25 bits per heavy atom. The molecule has 0 aliphatic carbocycles. The SMILES string of the molecule is Cc1ccc(NC(=O)NCCS(=O)(=O)Nc2ccccn2)cc1Cl. The molecule has 1 heterocycles. The molecule has 1 aromatic carbocycles. The molecule has 9 heteroatoms. The Labute approximate surface area is 145 Å². The van der Waals surface area contributed by atoms with Gasteiger partial charge in [0.25, 0.3) is 0 Å². The van der Waals surface area contributed by atoms with Crippen molar-refractivity contribution in [2.45, 2.75) is 6.92 Å². The average Bonchev–Trinajstić information content (AvgIpc) is 2.51. The third-order valence-electron chi connectivity index (χ3n) is 3.01. The highest BCUT2D eigenvalue weighted by atomic mass is 35.5. The summed E-state index contributed by atoms with van der Waals surface area (Å²) in [6.07, 6.45) is 1.48. The number of carbonyl (C=O) groups excluding carboxylic acids is 1. The molecule has 128 valence electrons. The maximum Gasteiger partial charge on any atom is 0.319 e. The van der Waals surface area contributed by atoms with Gasteiger partial charge in [-0.15, -0.1) is 0 Å². The van der Waals surface area contributed by atoms with Crippen LogP contribution in [0, 0.1) is 6.92 Å². The molecular weight excluding hydrogens is 352 g/mol. The summed E-state index contributed by atoms with van der Waals surface area (Å²) in [4.78, 5) is 15.6. The minimum atomic E-state index is -3.59. The lowest BCUT2D eigenvalue weighted by Crippen LogP contribution is -2.34. The standard InChI is InChI=1S/C15H17ClN4O3S/c1-11-5-6-12(10-13(11)16)19-15(21)18-8-9-24(22,23)20-14-4-2-3-7-17-14/h2-7,10H,8-9H2,1H3,(H,17,20)(H2,18,19,21). The van der Waals surface area contributed by atoms with Gasteiger partial charge < -0.3 is 10.6 Å². The van der Waals surface area contributed by atoms with Crippen molar-refractivity contribution in [2.75, 3.05) is 22.3 Å². The Morgan fingerprint density at radius 3 is 2.71 bits per heavy atom. The highest BCUT2D eigenvalue weighted by molar-refractivity contribution is 7.92. The fraction of sp³-hybridized carbons (Fsp3) is 0.200. The van der Waals surface area contributed by atoms with E-state index in [0.717, 1.165) is 5.56 Å². The zero-order chi connectivity index (χ0) is 17.6. The molecule has 0 aliphatic rings. The minimum Gasteiger partial charge on any atom is -0.337 e. The molecule has 0 spiro atoms. The van der Waals surface area contributed by atoms with Crippen molar-refractivity contribution in [1.29, 1.82) is 0 Å². The van der Waals surface area contributed by atoms with Gasteiger partial charge in [-0.3, -0.25) is 4.72 Å². The number of carbonyl (C=O) groups is 1. The zero-order valence-electron chi connectivity index (χ0n) is 12.9. The van der Waals surface area contributed by atoms with Crippen molar-refractivity contribution in [3.8, 4) is 0 Å². The highest BCUT2D eigenvalue weighted by Gasteiger charge is 2.12. The van der Waals surface area contributed by atoms with Crippen molar-refractivity contribution in [3.63, 3.8) is 0 Å². The number of halogens is 1. The lowest BCUT2D eigenvalue weighted by Gasteiger charge is -2.10. The van der Waals surface area contributed by atoms with E-state index in [-0.39, 0.29) is 18.1 Å². The number of anilines is 2. The Kier molecular flexibility index (Phi) is 5.99. The van der Waals surface area contributed by atoms with Crippen LogP contribution in [0.5, 0.6) is 0 Å². The van der Waals surface area contributed by atoms with E-state index in [9.17, 15) is 13.2 Å². The predicted molar refractivity (Wildman–Crippen MR) is 94.9 cm³/mol. The van der Waals surface area contributed by atoms with Gasteiger partial charge in [-0.2, -0.15) is 0 Å². The number of rotatable bonds is 6. The average molecular weight is 369 g/mol. The van der Waals surface area contributed by atoms with Crippen LogP contribution in [0.4, 0.5) is 16.3 Å². The number of nitrogens with one attached hydrogen (secondary N) is 3. The van der Waals surface area contributed by atoms with Gasteiger partial charge in [-0.1, -0.05) is 23.7 Å². The molecule has 2 amide bonds. The second-order valence-corrected chi connectivity index (χ2v) is 7.23. The molecule has 0 bridgehead atoms. The maximum absolute atomic E-state index is 11.9. The molecule has 0 radical (unpaired) electrons. The maximum atomic E-state index is 11.9. The number of hydrogen-bond donors (Lipinski definition) is 3. The number of nitrogens with zero attached hydrogens (tertiary/aromatic N) is 1. The molecule has 0 saturated heterocycles. The van der Waals surface area contributed by atoms with E-state index in [1.165, 1.54) is 6.20 Å². The third-order valence-corrected chi connectivity index (χ3v) is 4.68. The van der Waals surface area contributed by atoms with Crippen LogP contribution >= 0.6 is 11.6 Å². The molecule has 0 aliphatic heterocycles. The first-order valence-corrected chi connectivity index (χ1v) is 9.11. The van der Waals surface area contributed by atoms with E-state index in [1.807, 2.05) is 6.92 Å². The van der Waals surface area contributed by atoms with Crippen LogP contribution in [0.15, 0.2) is 42.6 Å². The third kappa shape index (κ3) is 5.71. The minimum absolute atomic E-state index is 0.0480. The summed E-state index contributed by atoms with van der Waals surface area (Å²) in [5.74, 6) is -0.0395. The summed E-state index contributed by atoms with van der Waals surface area (Å²) in [7, 11) is -3.59. The van der Waals surface area contributed by atoms with Crippen molar-refractivity contribution in [3.05, 3.63) is 53.2 Å². The molecule has 7 nitrogen and oxygen atoms in total. The van der Waals surface area contributed by atoms with Gasteiger partial charge >= 0.3 is 6.03 Å². The first kappa shape index (κ1) is 18.0. The molecule has 1 aromatic heterocycles. The number of sulfonamides is 1. The van der Waals surface area contributed by atoms with Crippen LogP contribution in [-0.2, 0) is 10.0 Å². The molecule has 0 saturated carbocycles. The molecule has 2 rings (SSSR count). The van der Waals surface area contributed by atoms with Gasteiger partial charge in [0, 0.05) is 23.5 Å². The monoisotopic (exact) mass is 368 g/mol. The molecule has 0 atom stereocenters. The number of urea groups is 1. The summed E-state index contributed by atoms with van der Waals surface area (Å²) in [5.41, 5.74) is 1.42. The number of aromatic nitrogens is 1.